The number of anilines is 2. The Bertz CT molecular complexity index is 1330. The van der Waals surface area contributed by atoms with Crippen LogP contribution in [0.15, 0.2) is 78.0 Å². The van der Waals surface area contributed by atoms with E-state index in [2.05, 4.69) is 10.6 Å². The highest BCUT2D eigenvalue weighted by Crippen LogP contribution is 2.47. The second kappa shape index (κ2) is 8.49. The summed E-state index contributed by atoms with van der Waals surface area (Å²) in [6, 6.07) is 19.4. The van der Waals surface area contributed by atoms with E-state index in [1.807, 2.05) is 68.5 Å². The molecule has 172 valence electrons. The van der Waals surface area contributed by atoms with Gasteiger partial charge in [0.1, 0.15) is 17.3 Å². The number of phenolic OH excluding ortho intramolecular Hbond substituents is 1. The van der Waals surface area contributed by atoms with Crippen LogP contribution in [0.1, 0.15) is 49.4 Å². The molecule has 3 N–H and O–H groups in total. The first-order valence-corrected chi connectivity index (χ1v) is 11.5. The number of hydrogen-bond acceptors (Lipinski definition) is 4. The predicted molar refractivity (Wildman–Crippen MR) is 135 cm³/mol. The van der Waals surface area contributed by atoms with Gasteiger partial charge in [-0.15, -0.1) is 0 Å². The van der Waals surface area contributed by atoms with Crippen molar-refractivity contribution >= 4 is 29.3 Å². The number of halogens is 1. The maximum Gasteiger partial charge on any atom is 0.163 e. The summed E-state index contributed by atoms with van der Waals surface area (Å²) in [5.41, 5.74) is 4.32. The molecule has 1 heterocycles. The Kier molecular flexibility index (Phi) is 5.48. The van der Waals surface area contributed by atoms with Crippen molar-refractivity contribution in [2.75, 3.05) is 10.6 Å². The third-order valence-electron chi connectivity index (χ3n) is 6.43. The van der Waals surface area contributed by atoms with Crippen LogP contribution in [-0.4, -0.2) is 10.9 Å². The SMILES string of the molecule is CC1(C)CC(=O)C2=C(C1)Nc1c(O)cccc1NC2c1ccc(/C=C/c2ccccc2)cc1F. The molecule has 0 radical (unpaired) electrons. The summed E-state index contributed by atoms with van der Waals surface area (Å²) in [6.07, 6.45) is 4.82. The van der Waals surface area contributed by atoms with Gasteiger partial charge in [-0.2, -0.15) is 0 Å². The van der Waals surface area contributed by atoms with Gasteiger partial charge in [0.25, 0.3) is 0 Å². The van der Waals surface area contributed by atoms with Gasteiger partial charge in [-0.05, 0) is 41.2 Å². The zero-order valence-corrected chi connectivity index (χ0v) is 19.2. The lowest BCUT2D eigenvalue weighted by molar-refractivity contribution is -0.118. The first kappa shape index (κ1) is 22.0. The van der Waals surface area contributed by atoms with Crippen LogP contribution in [0.4, 0.5) is 15.8 Å². The van der Waals surface area contributed by atoms with Crippen LogP contribution >= 0.6 is 0 Å². The lowest BCUT2D eigenvalue weighted by Crippen LogP contribution is -2.31. The molecule has 1 atom stereocenters. The number of Topliss-reactive ketones (excluding diaryl/α,β-unsaturated/α-hetero) is 1. The lowest BCUT2D eigenvalue weighted by atomic mass is 9.73. The van der Waals surface area contributed by atoms with Gasteiger partial charge in [0, 0.05) is 23.3 Å². The summed E-state index contributed by atoms with van der Waals surface area (Å²) < 4.78 is 15.5. The van der Waals surface area contributed by atoms with E-state index in [1.54, 1.807) is 18.2 Å². The molecule has 0 amide bonds. The summed E-state index contributed by atoms with van der Waals surface area (Å²) in [5, 5.41) is 17.1. The Hall–Kier alpha value is -3.86. The zero-order valence-electron chi connectivity index (χ0n) is 19.2. The minimum atomic E-state index is -0.665. The molecule has 0 bridgehead atoms. The lowest BCUT2D eigenvalue weighted by Gasteiger charge is -2.34. The predicted octanol–water partition coefficient (Wildman–Crippen LogP) is 6.92. The molecule has 0 saturated heterocycles. The van der Waals surface area contributed by atoms with Gasteiger partial charge >= 0.3 is 0 Å². The van der Waals surface area contributed by atoms with Crippen molar-refractivity contribution in [3.63, 3.8) is 0 Å². The number of para-hydroxylation sites is 1. The van der Waals surface area contributed by atoms with Crippen molar-refractivity contribution < 1.29 is 14.3 Å². The fourth-order valence-corrected chi connectivity index (χ4v) is 4.82. The van der Waals surface area contributed by atoms with Crippen molar-refractivity contribution in [2.24, 2.45) is 5.41 Å². The number of rotatable bonds is 3. The molecule has 0 saturated carbocycles. The highest BCUT2D eigenvalue weighted by atomic mass is 19.1. The standard InChI is InChI=1S/C29H27FN2O2/c1-29(2)16-23-26(25(34)17-29)27(31-22-9-6-10-24(33)28(22)32-23)20-14-13-19(15-21(20)30)12-11-18-7-4-3-5-8-18/h3-15,27,31-33H,16-17H2,1-2H3/b12-11+. The Morgan fingerprint density at radius 3 is 2.50 bits per heavy atom. The van der Waals surface area contributed by atoms with Crippen LogP contribution in [0.3, 0.4) is 0 Å². The number of ketones is 1. The smallest absolute Gasteiger partial charge is 0.163 e. The Labute approximate surface area is 198 Å². The summed E-state index contributed by atoms with van der Waals surface area (Å²) in [5.74, 6) is -0.327. The van der Waals surface area contributed by atoms with Gasteiger partial charge in [-0.3, -0.25) is 4.79 Å². The van der Waals surface area contributed by atoms with E-state index in [-0.39, 0.29) is 22.8 Å². The van der Waals surface area contributed by atoms with Crippen molar-refractivity contribution in [3.8, 4) is 5.75 Å². The van der Waals surface area contributed by atoms with Crippen molar-refractivity contribution in [1.82, 2.24) is 0 Å². The molecule has 0 aromatic heterocycles. The third-order valence-corrected chi connectivity index (χ3v) is 6.43. The van der Waals surface area contributed by atoms with Crippen LogP contribution in [0, 0.1) is 11.2 Å². The molecule has 5 heteroatoms. The number of fused-ring (bicyclic) bond motifs is 1. The van der Waals surface area contributed by atoms with Crippen LogP contribution in [-0.2, 0) is 4.79 Å². The Morgan fingerprint density at radius 1 is 0.971 bits per heavy atom. The van der Waals surface area contributed by atoms with Gasteiger partial charge in [-0.25, -0.2) is 4.39 Å². The van der Waals surface area contributed by atoms with Gasteiger partial charge in [0.15, 0.2) is 5.78 Å². The molecule has 5 rings (SSSR count). The van der Waals surface area contributed by atoms with Crippen LogP contribution in [0.25, 0.3) is 12.2 Å². The van der Waals surface area contributed by atoms with Gasteiger partial charge in [0.05, 0.1) is 11.7 Å². The topological polar surface area (TPSA) is 61.4 Å². The van der Waals surface area contributed by atoms with E-state index in [0.29, 0.717) is 35.4 Å². The van der Waals surface area contributed by atoms with E-state index in [0.717, 1.165) is 16.8 Å². The molecule has 1 aliphatic heterocycles. The fraction of sp³-hybridized carbons (Fsp3) is 0.207. The summed E-state index contributed by atoms with van der Waals surface area (Å²) in [7, 11) is 0. The van der Waals surface area contributed by atoms with Crippen molar-refractivity contribution in [3.05, 3.63) is 101 Å². The molecule has 2 aliphatic rings. The first-order chi connectivity index (χ1) is 16.3. The quantitative estimate of drug-likeness (QED) is 0.297. The van der Waals surface area contributed by atoms with Gasteiger partial charge in [0.2, 0.25) is 0 Å². The average Bonchev–Trinajstić information content (AvgIpc) is 2.95. The van der Waals surface area contributed by atoms with Crippen LogP contribution in [0.2, 0.25) is 0 Å². The van der Waals surface area contributed by atoms with E-state index in [1.165, 1.54) is 6.07 Å². The van der Waals surface area contributed by atoms with Crippen LogP contribution < -0.4 is 10.6 Å². The molecular weight excluding hydrogens is 427 g/mol. The molecular formula is C29H27FN2O2. The van der Waals surface area contributed by atoms with E-state index >= 15 is 4.39 Å². The molecule has 3 aromatic rings. The largest absolute Gasteiger partial charge is 0.506 e. The van der Waals surface area contributed by atoms with Crippen molar-refractivity contribution in [1.29, 1.82) is 0 Å². The van der Waals surface area contributed by atoms with E-state index in [9.17, 15) is 9.90 Å². The molecule has 0 spiro atoms. The molecule has 4 nitrogen and oxygen atoms in total. The number of benzene rings is 3. The van der Waals surface area contributed by atoms with Crippen LogP contribution in [0.5, 0.6) is 5.75 Å². The number of hydrogen-bond donors (Lipinski definition) is 3. The second-order valence-corrected chi connectivity index (χ2v) is 9.76. The number of phenols is 1. The maximum absolute atomic E-state index is 15.5. The van der Waals surface area contributed by atoms with E-state index < -0.39 is 6.04 Å². The highest BCUT2D eigenvalue weighted by Gasteiger charge is 2.39. The summed E-state index contributed by atoms with van der Waals surface area (Å²) in [4.78, 5) is 13.3. The normalized spacial score (nSPS) is 19.1. The monoisotopic (exact) mass is 454 g/mol. The summed E-state index contributed by atoms with van der Waals surface area (Å²) >= 11 is 0. The average molecular weight is 455 g/mol. The fourth-order valence-electron chi connectivity index (χ4n) is 4.82. The number of allylic oxidation sites excluding steroid dienone is 1. The minimum absolute atomic E-state index is 0.0176. The molecule has 3 aromatic carbocycles. The number of carbonyl (C=O) groups is 1. The third kappa shape index (κ3) is 4.21. The minimum Gasteiger partial charge on any atom is -0.506 e. The second-order valence-electron chi connectivity index (χ2n) is 9.76. The maximum atomic E-state index is 15.5. The molecule has 1 unspecified atom stereocenters. The Balaban J connectivity index is 1.57. The van der Waals surface area contributed by atoms with Crippen molar-refractivity contribution in [2.45, 2.75) is 32.7 Å². The zero-order chi connectivity index (χ0) is 23.9. The highest BCUT2D eigenvalue weighted by molar-refractivity contribution is 6.01. The van der Waals surface area contributed by atoms with Gasteiger partial charge < -0.3 is 15.7 Å². The number of aromatic hydroxyl groups is 1. The molecule has 34 heavy (non-hydrogen) atoms. The first-order valence-electron chi connectivity index (χ1n) is 11.5. The Morgan fingerprint density at radius 2 is 1.74 bits per heavy atom. The molecule has 1 aliphatic carbocycles. The van der Waals surface area contributed by atoms with Gasteiger partial charge in [-0.1, -0.05) is 74.5 Å². The molecule has 0 fully saturated rings. The number of nitrogens with one attached hydrogen (secondary N) is 2. The number of carbonyl (C=O) groups excluding carboxylic acids is 1. The van der Waals surface area contributed by atoms with E-state index in [4.69, 9.17) is 0 Å². The summed E-state index contributed by atoms with van der Waals surface area (Å²) in [6.45, 7) is 4.09.